The number of allylic oxidation sites excluding steroid dienone is 1. The quantitative estimate of drug-likeness (QED) is 0.399. The largest absolute Gasteiger partial charge is 0.0952 e. The summed E-state index contributed by atoms with van der Waals surface area (Å²) in [6, 6.07) is 8.81. The molecule has 0 heterocycles. The van der Waals surface area contributed by atoms with E-state index in [1.54, 1.807) is 0 Å². The highest BCUT2D eigenvalue weighted by atomic mass is 127. The zero-order valence-electron chi connectivity index (χ0n) is 9.43. The fraction of sp³-hybridized carbons (Fsp3) is 0.429. The number of unbranched alkanes of at least 4 members (excludes halogenated alkanes) is 1. The fourth-order valence-corrected chi connectivity index (χ4v) is 2.09. The Balaban J connectivity index is 2.50. The third-order valence-corrected chi connectivity index (χ3v) is 3.40. The smallest absolute Gasteiger partial charge is 0.000461 e. The van der Waals surface area contributed by atoms with Gasteiger partial charge in [-0.15, -0.1) is 0 Å². The van der Waals surface area contributed by atoms with Crippen LogP contribution in [0.2, 0.25) is 0 Å². The van der Waals surface area contributed by atoms with E-state index in [1.165, 1.54) is 34.0 Å². The molecule has 1 aromatic rings. The molecule has 0 saturated heterocycles. The van der Waals surface area contributed by atoms with Gasteiger partial charge in [0.15, 0.2) is 0 Å². The van der Waals surface area contributed by atoms with E-state index >= 15 is 0 Å². The number of hydrogen-bond acceptors (Lipinski definition) is 0. The number of aryl methyl sites for hydroxylation is 1. The number of alkyl halides is 1. The Labute approximate surface area is 107 Å². The zero-order chi connectivity index (χ0) is 11.1. The van der Waals surface area contributed by atoms with Crippen molar-refractivity contribution in [3.63, 3.8) is 0 Å². The summed E-state index contributed by atoms with van der Waals surface area (Å²) in [5, 5.41) is 0. The van der Waals surface area contributed by atoms with Crippen LogP contribution < -0.4 is 0 Å². The van der Waals surface area contributed by atoms with Crippen molar-refractivity contribution < 1.29 is 0 Å². The summed E-state index contributed by atoms with van der Waals surface area (Å²) >= 11 is 2.43. The lowest BCUT2D eigenvalue weighted by Gasteiger charge is -2.06. The average molecular weight is 314 g/mol. The monoisotopic (exact) mass is 314 g/mol. The average Bonchev–Trinajstić information content (AvgIpc) is 2.29. The normalized spacial score (nSPS) is 10.3. The minimum Gasteiger partial charge on any atom is -0.0952 e. The Morgan fingerprint density at radius 1 is 1.20 bits per heavy atom. The molecule has 0 atom stereocenters. The van der Waals surface area contributed by atoms with Crippen LogP contribution >= 0.6 is 22.6 Å². The van der Waals surface area contributed by atoms with Crippen LogP contribution in [0.15, 0.2) is 30.8 Å². The van der Waals surface area contributed by atoms with Gasteiger partial charge < -0.3 is 0 Å². The van der Waals surface area contributed by atoms with Gasteiger partial charge in [-0.05, 0) is 46.8 Å². The molecule has 1 heteroatoms. The highest BCUT2D eigenvalue weighted by molar-refractivity contribution is 14.1. The maximum atomic E-state index is 4.15. The molecular weight excluding hydrogens is 295 g/mol. The molecule has 82 valence electrons. The van der Waals surface area contributed by atoms with Crippen molar-refractivity contribution in [2.24, 2.45) is 0 Å². The van der Waals surface area contributed by atoms with E-state index in [0.29, 0.717) is 0 Å². The molecule has 0 N–H and O–H groups in total. The maximum Gasteiger partial charge on any atom is -0.000461 e. The van der Waals surface area contributed by atoms with E-state index in [4.69, 9.17) is 0 Å². The van der Waals surface area contributed by atoms with E-state index < -0.39 is 0 Å². The second-order valence-electron chi connectivity index (χ2n) is 3.80. The summed E-state index contributed by atoms with van der Waals surface area (Å²) in [6.45, 7) is 6.33. The highest BCUT2D eigenvalue weighted by Crippen LogP contribution is 2.19. The molecule has 0 bridgehead atoms. The molecule has 15 heavy (non-hydrogen) atoms. The lowest BCUT2D eigenvalue weighted by atomic mass is 10.0. The Morgan fingerprint density at radius 3 is 2.40 bits per heavy atom. The van der Waals surface area contributed by atoms with Crippen LogP contribution in [-0.2, 0) is 6.42 Å². The number of rotatable bonds is 6. The summed E-state index contributed by atoms with van der Waals surface area (Å²) in [4.78, 5) is 0. The predicted octanol–water partition coefficient (Wildman–Crippen LogP) is 4.87. The van der Waals surface area contributed by atoms with Crippen LogP contribution in [0.25, 0.3) is 5.57 Å². The Bertz CT molecular complexity index is 298. The maximum absolute atomic E-state index is 4.15. The first-order valence-electron chi connectivity index (χ1n) is 5.61. The van der Waals surface area contributed by atoms with Gasteiger partial charge >= 0.3 is 0 Å². The van der Waals surface area contributed by atoms with Gasteiger partial charge in [0.05, 0.1) is 0 Å². The van der Waals surface area contributed by atoms with Crippen molar-refractivity contribution in [1.82, 2.24) is 0 Å². The number of halogens is 1. The zero-order valence-corrected chi connectivity index (χ0v) is 11.6. The van der Waals surface area contributed by atoms with Crippen molar-refractivity contribution in [3.8, 4) is 0 Å². The molecule has 0 aliphatic rings. The molecule has 0 fully saturated rings. The van der Waals surface area contributed by atoms with Crippen molar-refractivity contribution in [3.05, 3.63) is 42.0 Å². The topological polar surface area (TPSA) is 0 Å². The third-order valence-electron chi connectivity index (χ3n) is 2.63. The van der Waals surface area contributed by atoms with Crippen LogP contribution in [-0.4, -0.2) is 4.43 Å². The van der Waals surface area contributed by atoms with Crippen LogP contribution in [0.4, 0.5) is 0 Å². The first kappa shape index (κ1) is 12.8. The fourth-order valence-electron chi connectivity index (χ4n) is 1.55. The number of hydrogen-bond donors (Lipinski definition) is 0. The molecular formula is C14H19I. The van der Waals surface area contributed by atoms with Gasteiger partial charge in [-0.1, -0.05) is 60.4 Å². The van der Waals surface area contributed by atoms with E-state index in [-0.39, 0.29) is 0 Å². The summed E-state index contributed by atoms with van der Waals surface area (Å²) in [7, 11) is 0. The SMILES string of the molecule is C=C(CCCCI)c1ccc(CC)cc1. The van der Waals surface area contributed by atoms with Gasteiger partial charge in [-0.2, -0.15) is 0 Å². The molecule has 1 aromatic carbocycles. The minimum absolute atomic E-state index is 1.11. The standard InChI is InChI=1S/C14H19I/c1-3-13-7-9-14(10-8-13)12(2)6-4-5-11-15/h7-10H,2-6,11H2,1H3. The summed E-state index contributed by atoms with van der Waals surface area (Å²) < 4.78 is 1.25. The lowest BCUT2D eigenvalue weighted by molar-refractivity contribution is 0.842. The summed E-state index contributed by atoms with van der Waals surface area (Å²) in [6.07, 6.45) is 4.81. The van der Waals surface area contributed by atoms with Crippen LogP contribution in [0.3, 0.4) is 0 Å². The molecule has 0 aliphatic heterocycles. The van der Waals surface area contributed by atoms with E-state index in [0.717, 1.165) is 12.8 Å². The third kappa shape index (κ3) is 4.37. The van der Waals surface area contributed by atoms with Gasteiger partial charge in [0.25, 0.3) is 0 Å². The molecule has 0 aliphatic carbocycles. The molecule has 0 radical (unpaired) electrons. The molecule has 0 aromatic heterocycles. The lowest BCUT2D eigenvalue weighted by Crippen LogP contribution is -1.86. The first-order chi connectivity index (χ1) is 7.27. The molecule has 0 spiro atoms. The highest BCUT2D eigenvalue weighted by Gasteiger charge is 1.98. The Kier molecular flexibility index (Phi) is 5.99. The Morgan fingerprint density at radius 2 is 1.87 bits per heavy atom. The van der Waals surface area contributed by atoms with Gasteiger partial charge in [0.2, 0.25) is 0 Å². The van der Waals surface area contributed by atoms with Gasteiger partial charge in [-0.25, -0.2) is 0 Å². The van der Waals surface area contributed by atoms with Crippen LogP contribution in [0.1, 0.15) is 37.3 Å². The van der Waals surface area contributed by atoms with E-state index in [9.17, 15) is 0 Å². The molecule has 0 amide bonds. The van der Waals surface area contributed by atoms with Crippen LogP contribution in [0, 0.1) is 0 Å². The van der Waals surface area contributed by atoms with Gasteiger partial charge in [0, 0.05) is 0 Å². The second kappa shape index (κ2) is 7.04. The van der Waals surface area contributed by atoms with E-state index in [2.05, 4.69) is 60.4 Å². The summed E-state index contributed by atoms with van der Waals surface area (Å²) in [5.41, 5.74) is 3.99. The second-order valence-corrected chi connectivity index (χ2v) is 4.88. The number of benzene rings is 1. The molecule has 0 unspecified atom stereocenters. The van der Waals surface area contributed by atoms with Crippen molar-refractivity contribution >= 4 is 28.2 Å². The van der Waals surface area contributed by atoms with Crippen molar-refractivity contribution in [1.29, 1.82) is 0 Å². The predicted molar refractivity (Wildman–Crippen MR) is 77.6 cm³/mol. The van der Waals surface area contributed by atoms with Gasteiger partial charge in [0.1, 0.15) is 0 Å². The first-order valence-corrected chi connectivity index (χ1v) is 7.13. The van der Waals surface area contributed by atoms with Crippen molar-refractivity contribution in [2.45, 2.75) is 32.6 Å². The van der Waals surface area contributed by atoms with Crippen LogP contribution in [0.5, 0.6) is 0 Å². The Hall–Kier alpha value is -0.310. The molecule has 1 rings (SSSR count). The van der Waals surface area contributed by atoms with E-state index in [1.807, 2.05) is 0 Å². The summed E-state index contributed by atoms with van der Waals surface area (Å²) in [5.74, 6) is 0. The van der Waals surface area contributed by atoms with Gasteiger partial charge in [-0.3, -0.25) is 0 Å². The minimum atomic E-state index is 1.11. The molecule has 0 saturated carbocycles. The molecule has 0 nitrogen and oxygen atoms in total. The van der Waals surface area contributed by atoms with Crippen molar-refractivity contribution in [2.75, 3.05) is 4.43 Å².